The zero-order chi connectivity index (χ0) is 21.3. The predicted molar refractivity (Wildman–Crippen MR) is 125 cm³/mol. The first kappa shape index (κ1) is 19.3. The van der Waals surface area contributed by atoms with Crippen molar-refractivity contribution in [2.24, 2.45) is 10.7 Å². The minimum absolute atomic E-state index is 0.589. The highest BCUT2D eigenvalue weighted by molar-refractivity contribution is 5.84. The van der Waals surface area contributed by atoms with Crippen LogP contribution in [0.3, 0.4) is 0 Å². The van der Waals surface area contributed by atoms with Crippen LogP contribution in [0.4, 0.5) is 0 Å². The fraction of sp³-hybridized carbons (Fsp3) is 0.208. The van der Waals surface area contributed by atoms with Crippen molar-refractivity contribution < 1.29 is 4.74 Å². The molecular weight excluding hydrogens is 388 g/mol. The number of allylic oxidation sites excluding steroid dienone is 1. The fourth-order valence-corrected chi connectivity index (χ4v) is 4.09. The largest absolute Gasteiger partial charge is 0.497 e. The fourth-order valence-electron chi connectivity index (χ4n) is 4.09. The van der Waals surface area contributed by atoms with Crippen LogP contribution < -0.4 is 21.1 Å². The Morgan fingerprint density at radius 2 is 2.00 bits per heavy atom. The predicted octanol–water partition coefficient (Wildman–Crippen LogP) is 3.16. The molecule has 0 amide bonds. The van der Waals surface area contributed by atoms with Crippen LogP contribution in [0.1, 0.15) is 11.1 Å². The summed E-state index contributed by atoms with van der Waals surface area (Å²) in [5, 5.41) is 9.15. The molecule has 1 aliphatic rings. The second-order valence-electron chi connectivity index (χ2n) is 7.89. The summed E-state index contributed by atoms with van der Waals surface area (Å²) in [6, 6.07) is 14.4. The zero-order valence-corrected chi connectivity index (χ0v) is 17.4. The third-order valence-corrected chi connectivity index (χ3v) is 5.67. The summed E-state index contributed by atoms with van der Waals surface area (Å²) < 4.78 is 5.36. The number of fused-ring (bicyclic) bond motifs is 2. The third kappa shape index (κ3) is 4.00. The molecule has 4 aromatic rings. The van der Waals surface area contributed by atoms with E-state index in [1.54, 1.807) is 13.3 Å². The zero-order valence-electron chi connectivity index (χ0n) is 17.4. The molecule has 0 fully saturated rings. The molecule has 1 aliphatic heterocycles. The van der Waals surface area contributed by atoms with Gasteiger partial charge in [-0.25, -0.2) is 0 Å². The van der Waals surface area contributed by atoms with Gasteiger partial charge >= 0.3 is 0 Å². The van der Waals surface area contributed by atoms with Gasteiger partial charge in [0.15, 0.2) is 5.79 Å². The molecule has 0 radical (unpaired) electrons. The Bertz CT molecular complexity index is 1280. The first-order valence-electron chi connectivity index (χ1n) is 10.4. The monoisotopic (exact) mass is 414 g/mol. The molecule has 3 heterocycles. The van der Waals surface area contributed by atoms with Gasteiger partial charge in [0.2, 0.25) is 0 Å². The number of nitrogens with zero attached hydrogens (tertiary/aromatic N) is 1. The first-order chi connectivity index (χ1) is 15.1. The van der Waals surface area contributed by atoms with E-state index in [-0.39, 0.29) is 0 Å². The van der Waals surface area contributed by atoms with E-state index in [0.29, 0.717) is 6.42 Å². The Morgan fingerprint density at radius 3 is 2.90 bits per heavy atom. The van der Waals surface area contributed by atoms with Crippen molar-refractivity contribution in [3.05, 3.63) is 77.9 Å². The Hall–Kier alpha value is -3.71. The first-order valence-corrected chi connectivity index (χ1v) is 10.4. The molecule has 0 saturated carbocycles. The Kier molecular flexibility index (Phi) is 4.88. The summed E-state index contributed by atoms with van der Waals surface area (Å²) in [4.78, 5) is 11.0. The normalized spacial score (nSPS) is 18.2. The van der Waals surface area contributed by atoms with E-state index in [2.05, 4.69) is 62.1 Å². The molecule has 0 spiro atoms. The van der Waals surface area contributed by atoms with Crippen LogP contribution in [-0.2, 0) is 12.8 Å². The smallest absolute Gasteiger partial charge is 0.187 e. The maximum Gasteiger partial charge on any atom is 0.187 e. The lowest BCUT2D eigenvalue weighted by Gasteiger charge is -2.31. The van der Waals surface area contributed by atoms with Crippen molar-refractivity contribution in [3.63, 3.8) is 0 Å². The van der Waals surface area contributed by atoms with Crippen molar-refractivity contribution in [2.75, 3.05) is 13.7 Å². The molecule has 0 saturated heterocycles. The lowest BCUT2D eigenvalue weighted by Crippen LogP contribution is -2.56. The van der Waals surface area contributed by atoms with Crippen LogP contribution in [0.25, 0.3) is 21.8 Å². The summed E-state index contributed by atoms with van der Waals surface area (Å²) in [5.74, 6) is 0.854. The van der Waals surface area contributed by atoms with Gasteiger partial charge < -0.3 is 25.3 Å². The lowest BCUT2D eigenvalue weighted by molar-refractivity contribution is 0.366. The van der Waals surface area contributed by atoms with Gasteiger partial charge in [0.25, 0.3) is 0 Å². The summed E-state index contributed by atoms with van der Waals surface area (Å²) in [6.45, 7) is 0.766. The van der Waals surface area contributed by atoms with E-state index in [1.165, 1.54) is 16.3 Å². The van der Waals surface area contributed by atoms with Gasteiger partial charge in [0.05, 0.1) is 7.11 Å². The number of aromatic amines is 2. The quantitative estimate of drug-likeness (QED) is 0.320. The van der Waals surface area contributed by atoms with Crippen molar-refractivity contribution in [3.8, 4) is 5.75 Å². The van der Waals surface area contributed by atoms with Gasteiger partial charge in [-0.2, -0.15) is 0 Å². The lowest BCUT2D eigenvalue weighted by atomic mass is 10.0. The van der Waals surface area contributed by atoms with Crippen LogP contribution >= 0.6 is 0 Å². The average molecular weight is 415 g/mol. The number of hydrogen-bond acceptors (Lipinski definition) is 5. The molecule has 1 atom stereocenters. The van der Waals surface area contributed by atoms with Crippen molar-refractivity contribution in [1.82, 2.24) is 20.6 Å². The summed E-state index contributed by atoms with van der Waals surface area (Å²) in [5.41, 5.74) is 11.2. The maximum absolute atomic E-state index is 6.56. The molecule has 0 bridgehead atoms. The Labute approximate surface area is 180 Å². The SMILES string of the molecule is COc1ccc2[nH]cc(CCNC3=CC=NC(N)(Cc4ccc5[nH]ccc5c4)N3)c2c1. The minimum Gasteiger partial charge on any atom is -0.497 e. The van der Waals surface area contributed by atoms with Crippen LogP contribution in [0, 0.1) is 0 Å². The topological polar surface area (TPSA) is 103 Å². The number of rotatable bonds is 7. The molecule has 7 heteroatoms. The van der Waals surface area contributed by atoms with Crippen LogP contribution in [0.2, 0.25) is 0 Å². The van der Waals surface area contributed by atoms with E-state index in [1.807, 2.05) is 24.4 Å². The van der Waals surface area contributed by atoms with Crippen LogP contribution in [0.15, 0.2) is 71.7 Å². The van der Waals surface area contributed by atoms with E-state index in [4.69, 9.17) is 10.5 Å². The van der Waals surface area contributed by atoms with Gasteiger partial charge in [-0.3, -0.25) is 10.7 Å². The maximum atomic E-state index is 6.56. The molecule has 0 aliphatic carbocycles. The van der Waals surface area contributed by atoms with Crippen molar-refractivity contribution >= 4 is 28.0 Å². The van der Waals surface area contributed by atoms with Crippen LogP contribution in [-0.4, -0.2) is 35.6 Å². The number of hydrogen-bond donors (Lipinski definition) is 5. The van der Waals surface area contributed by atoms with Gasteiger partial charge in [-0.05, 0) is 65.4 Å². The minimum atomic E-state index is -0.880. The molecule has 2 aromatic carbocycles. The Morgan fingerprint density at radius 1 is 1.10 bits per heavy atom. The van der Waals surface area contributed by atoms with Gasteiger partial charge in [-0.1, -0.05) is 6.07 Å². The number of methoxy groups -OCH3 is 1. The number of ether oxygens (including phenoxy) is 1. The summed E-state index contributed by atoms with van der Waals surface area (Å²) in [7, 11) is 1.69. The molecule has 2 aromatic heterocycles. The van der Waals surface area contributed by atoms with Crippen molar-refractivity contribution in [2.45, 2.75) is 18.6 Å². The van der Waals surface area contributed by atoms with Crippen molar-refractivity contribution in [1.29, 1.82) is 0 Å². The standard InChI is InChI=1S/C24H26N6O/c1-31-19-3-5-22-20(13-19)18(15-28-22)7-10-27-23-8-11-29-24(25,30-23)14-16-2-4-21-17(12-16)6-9-26-21/h2-6,8-9,11-13,15,26-28,30H,7,10,14,25H2,1H3. The summed E-state index contributed by atoms with van der Waals surface area (Å²) in [6.07, 6.45) is 9.14. The highest BCUT2D eigenvalue weighted by atomic mass is 16.5. The number of aromatic nitrogens is 2. The van der Waals surface area contributed by atoms with Crippen LogP contribution in [0.5, 0.6) is 5.75 Å². The highest BCUT2D eigenvalue weighted by Gasteiger charge is 2.26. The van der Waals surface area contributed by atoms with E-state index < -0.39 is 5.79 Å². The molecule has 1 unspecified atom stereocenters. The van der Waals surface area contributed by atoms with E-state index >= 15 is 0 Å². The second kappa shape index (κ2) is 7.85. The van der Waals surface area contributed by atoms with Gasteiger partial charge in [-0.15, -0.1) is 0 Å². The summed E-state index contributed by atoms with van der Waals surface area (Å²) >= 11 is 0. The number of aliphatic imine (C=N–C) groups is 1. The van der Waals surface area contributed by atoms with Gasteiger partial charge in [0, 0.05) is 48.0 Å². The Balaban J connectivity index is 1.22. The van der Waals surface area contributed by atoms with E-state index in [0.717, 1.165) is 41.1 Å². The number of nitrogens with two attached hydrogens (primary N) is 1. The number of nitrogens with one attached hydrogen (secondary N) is 4. The number of H-pyrrole nitrogens is 2. The number of benzene rings is 2. The molecule has 5 rings (SSSR count). The molecule has 6 N–H and O–H groups in total. The molecule has 158 valence electrons. The molecule has 7 nitrogen and oxygen atoms in total. The average Bonchev–Trinajstić information content (AvgIpc) is 3.39. The molecule has 31 heavy (non-hydrogen) atoms. The second-order valence-corrected chi connectivity index (χ2v) is 7.89. The van der Waals surface area contributed by atoms with Gasteiger partial charge in [0.1, 0.15) is 11.6 Å². The van der Waals surface area contributed by atoms with E-state index in [9.17, 15) is 0 Å². The third-order valence-electron chi connectivity index (χ3n) is 5.67. The molecular formula is C24H26N6O. The highest BCUT2D eigenvalue weighted by Crippen LogP contribution is 2.24.